The zero-order chi connectivity index (χ0) is 18.5. The predicted molar refractivity (Wildman–Crippen MR) is 95.7 cm³/mol. The maximum atomic E-state index is 13.1. The fourth-order valence-corrected chi connectivity index (χ4v) is 3.60. The van der Waals surface area contributed by atoms with Crippen molar-refractivity contribution in [1.29, 1.82) is 0 Å². The summed E-state index contributed by atoms with van der Waals surface area (Å²) in [4.78, 5) is 13.7. The zero-order valence-corrected chi connectivity index (χ0v) is 14.5. The third-order valence-corrected chi connectivity index (χ3v) is 5.21. The van der Waals surface area contributed by atoms with E-state index in [4.69, 9.17) is 0 Å². The molecule has 0 bridgehead atoms. The minimum Gasteiger partial charge on any atom is -0.388 e. The number of piperidine rings is 1. The Morgan fingerprint density at radius 1 is 0.962 bits per heavy atom. The molecule has 3 rings (SSSR count). The molecular formula is C21H23F2NO2. The SMILES string of the molecule is O=CC(CN1CCC(C(O)c2ccc(F)cc2)CC1)c1ccc(F)cc1. The lowest BCUT2D eigenvalue weighted by molar-refractivity contribution is -0.109. The van der Waals surface area contributed by atoms with Crippen molar-refractivity contribution in [2.75, 3.05) is 19.6 Å². The van der Waals surface area contributed by atoms with Gasteiger partial charge in [0.15, 0.2) is 0 Å². The van der Waals surface area contributed by atoms with Crippen molar-refractivity contribution in [3.63, 3.8) is 0 Å². The highest BCUT2D eigenvalue weighted by molar-refractivity contribution is 5.62. The summed E-state index contributed by atoms with van der Waals surface area (Å²) in [5.74, 6) is -0.781. The first-order chi connectivity index (χ1) is 12.6. The number of benzene rings is 2. The molecule has 1 saturated heterocycles. The normalized spacial score (nSPS) is 18.4. The molecule has 0 radical (unpaired) electrons. The molecule has 5 heteroatoms. The summed E-state index contributed by atoms with van der Waals surface area (Å²) < 4.78 is 26.1. The molecule has 138 valence electrons. The molecule has 0 saturated carbocycles. The Bertz CT molecular complexity index is 710. The average Bonchev–Trinajstić information content (AvgIpc) is 2.67. The summed E-state index contributed by atoms with van der Waals surface area (Å²) in [6.07, 6.45) is 1.94. The second-order valence-corrected chi connectivity index (χ2v) is 6.93. The molecule has 1 heterocycles. The topological polar surface area (TPSA) is 40.5 Å². The molecule has 0 spiro atoms. The van der Waals surface area contributed by atoms with Crippen LogP contribution < -0.4 is 0 Å². The van der Waals surface area contributed by atoms with E-state index < -0.39 is 6.10 Å². The Morgan fingerprint density at radius 2 is 1.46 bits per heavy atom. The molecule has 1 aliphatic rings. The Morgan fingerprint density at radius 3 is 1.96 bits per heavy atom. The first kappa shape index (κ1) is 18.7. The molecule has 2 aromatic carbocycles. The fraction of sp³-hybridized carbons (Fsp3) is 0.381. The highest BCUT2D eigenvalue weighted by Gasteiger charge is 2.27. The summed E-state index contributed by atoms with van der Waals surface area (Å²) in [7, 11) is 0. The van der Waals surface area contributed by atoms with Crippen LogP contribution in [0, 0.1) is 17.6 Å². The van der Waals surface area contributed by atoms with Gasteiger partial charge in [-0.15, -0.1) is 0 Å². The number of carbonyl (C=O) groups is 1. The molecule has 2 aromatic rings. The molecule has 2 unspecified atom stereocenters. The van der Waals surface area contributed by atoms with Gasteiger partial charge in [0.05, 0.1) is 12.0 Å². The van der Waals surface area contributed by atoms with Gasteiger partial charge in [0.1, 0.15) is 17.9 Å². The number of rotatable bonds is 6. The summed E-state index contributed by atoms with van der Waals surface area (Å²) in [5, 5.41) is 10.5. The summed E-state index contributed by atoms with van der Waals surface area (Å²) in [6.45, 7) is 2.16. The van der Waals surface area contributed by atoms with Gasteiger partial charge in [0.2, 0.25) is 0 Å². The highest BCUT2D eigenvalue weighted by Crippen LogP contribution is 2.31. The number of nitrogens with zero attached hydrogens (tertiary/aromatic N) is 1. The summed E-state index contributed by atoms with van der Waals surface area (Å²) >= 11 is 0. The second-order valence-electron chi connectivity index (χ2n) is 6.93. The average molecular weight is 359 g/mol. The van der Waals surface area contributed by atoms with Gasteiger partial charge in [-0.25, -0.2) is 8.78 Å². The third-order valence-electron chi connectivity index (χ3n) is 5.21. The maximum absolute atomic E-state index is 13.1. The molecule has 1 fully saturated rings. The van der Waals surface area contributed by atoms with E-state index >= 15 is 0 Å². The number of carbonyl (C=O) groups excluding carboxylic acids is 1. The molecule has 26 heavy (non-hydrogen) atoms. The highest BCUT2D eigenvalue weighted by atomic mass is 19.1. The Kier molecular flexibility index (Phi) is 6.12. The van der Waals surface area contributed by atoms with Crippen LogP contribution in [0.4, 0.5) is 8.78 Å². The Labute approximate surface area is 152 Å². The van der Waals surface area contributed by atoms with E-state index in [0.717, 1.165) is 43.3 Å². The first-order valence-corrected chi connectivity index (χ1v) is 8.93. The van der Waals surface area contributed by atoms with Crippen LogP contribution in [0.15, 0.2) is 48.5 Å². The molecule has 0 aromatic heterocycles. The van der Waals surface area contributed by atoms with Gasteiger partial charge in [-0.1, -0.05) is 24.3 Å². The van der Waals surface area contributed by atoms with Gasteiger partial charge in [-0.3, -0.25) is 0 Å². The zero-order valence-electron chi connectivity index (χ0n) is 14.5. The molecule has 3 nitrogen and oxygen atoms in total. The lowest BCUT2D eigenvalue weighted by Gasteiger charge is -2.35. The van der Waals surface area contributed by atoms with E-state index in [1.165, 1.54) is 24.3 Å². The number of hydrogen-bond acceptors (Lipinski definition) is 3. The van der Waals surface area contributed by atoms with Crippen molar-refractivity contribution < 1.29 is 18.7 Å². The van der Waals surface area contributed by atoms with Gasteiger partial charge in [0.25, 0.3) is 0 Å². The smallest absolute Gasteiger partial charge is 0.128 e. The van der Waals surface area contributed by atoms with Crippen LogP contribution in [0.25, 0.3) is 0 Å². The third kappa shape index (κ3) is 4.54. The fourth-order valence-electron chi connectivity index (χ4n) is 3.60. The number of aliphatic hydroxyl groups excluding tert-OH is 1. The van der Waals surface area contributed by atoms with Crippen LogP contribution in [0.1, 0.15) is 36.0 Å². The lowest BCUT2D eigenvalue weighted by Crippen LogP contribution is -2.38. The van der Waals surface area contributed by atoms with Crippen molar-refractivity contribution in [1.82, 2.24) is 4.90 Å². The van der Waals surface area contributed by atoms with Crippen molar-refractivity contribution in [3.05, 3.63) is 71.3 Å². The monoisotopic (exact) mass is 359 g/mol. The number of likely N-dealkylation sites (tertiary alicyclic amines) is 1. The largest absolute Gasteiger partial charge is 0.388 e. The molecule has 2 atom stereocenters. The van der Waals surface area contributed by atoms with Crippen molar-refractivity contribution in [3.8, 4) is 0 Å². The molecule has 1 aliphatic heterocycles. The van der Waals surface area contributed by atoms with Crippen molar-refractivity contribution in [2.24, 2.45) is 5.92 Å². The number of halogens is 2. The van der Waals surface area contributed by atoms with Gasteiger partial charge in [0, 0.05) is 6.54 Å². The van der Waals surface area contributed by atoms with Crippen LogP contribution >= 0.6 is 0 Å². The Hall–Kier alpha value is -2.11. The van der Waals surface area contributed by atoms with Gasteiger partial charge in [-0.05, 0) is 67.2 Å². The van der Waals surface area contributed by atoms with E-state index in [1.807, 2.05) is 0 Å². The summed E-state index contributed by atoms with van der Waals surface area (Å²) in [6, 6.07) is 12.0. The first-order valence-electron chi connectivity index (χ1n) is 8.93. The van der Waals surface area contributed by atoms with E-state index in [9.17, 15) is 18.7 Å². The standard InChI is InChI=1S/C21H23F2NO2/c22-19-5-1-15(2-6-19)18(14-25)13-24-11-9-17(10-12-24)21(26)16-3-7-20(23)8-4-16/h1-8,14,17-18,21,26H,9-13H2. The predicted octanol–water partition coefficient (Wildman–Crippen LogP) is 3.69. The van der Waals surface area contributed by atoms with Gasteiger partial charge >= 0.3 is 0 Å². The summed E-state index contributed by atoms with van der Waals surface area (Å²) in [5.41, 5.74) is 1.55. The Balaban J connectivity index is 1.55. The number of aldehydes is 1. The van der Waals surface area contributed by atoms with Crippen molar-refractivity contribution in [2.45, 2.75) is 24.9 Å². The van der Waals surface area contributed by atoms with Gasteiger partial charge in [-0.2, -0.15) is 0 Å². The number of hydrogen-bond donors (Lipinski definition) is 1. The van der Waals surface area contributed by atoms with Crippen LogP contribution in [0.3, 0.4) is 0 Å². The number of aliphatic hydroxyl groups is 1. The van der Waals surface area contributed by atoms with Crippen molar-refractivity contribution >= 4 is 6.29 Å². The maximum Gasteiger partial charge on any atom is 0.128 e. The van der Waals surface area contributed by atoms with E-state index in [2.05, 4.69) is 4.90 Å². The second kappa shape index (κ2) is 8.52. The van der Waals surface area contributed by atoms with Gasteiger partial charge < -0.3 is 14.8 Å². The molecule has 0 aliphatic carbocycles. The van der Waals surface area contributed by atoms with Crippen LogP contribution in [0.5, 0.6) is 0 Å². The van der Waals surface area contributed by atoms with E-state index in [-0.39, 0.29) is 23.5 Å². The van der Waals surface area contributed by atoms with E-state index in [1.54, 1.807) is 24.3 Å². The molecule has 0 amide bonds. The minimum atomic E-state index is -0.600. The molecular weight excluding hydrogens is 336 g/mol. The van der Waals surface area contributed by atoms with Crippen LogP contribution in [0.2, 0.25) is 0 Å². The minimum absolute atomic E-state index is 0.122. The molecule has 1 N–H and O–H groups in total. The van der Waals surface area contributed by atoms with Crippen LogP contribution in [-0.4, -0.2) is 35.9 Å². The van der Waals surface area contributed by atoms with Crippen LogP contribution in [-0.2, 0) is 4.79 Å². The van der Waals surface area contributed by atoms with E-state index in [0.29, 0.717) is 6.54 Å². The lowest BCUT2D eigenvalue weighted by atomic mass is 9.87. The quantitative estimate of drug-likeness (QED) is 0.800.